The summed E-state index contributed by atoms with van der Waals surface area (Å²) in [5.74, 6) is -1.05. The zero-order valence-corrected chi connectivity index (χ0v) is 16.7. The van der Waals surface area contributed by atoms with Gasteiger partial charge in [-0.05, 0) is 47.5 Å². The van der Waals surface area contributed by atoms with Gasteiger partial charge in [0, 0.05) is 31.3 Å². The lowest BCUT2D eigenvalue weighted by molar-refractivity contribution is -0.161. The van der Waals surface area contributed by atoms with Gasteiger partial charge in [-0.15, -0.1) is 0 Å². The van der Waals surface area contributed by atoms with Gasteiger partial charge >= 0.3 is 5.97 Å². The number of amides is 1. The first-order chi connectivity index (χ1) is 13.0. The number of aldehydes is 1. The van der Waals surface area contributed by atoms with Gasteiger partial charge in [-0.3, -0.25) is 4.79 Å². The first kappa shape index (κ1) is 21.0. The molecule has 0 N–H and O–H groups in total. The zero-order valence-electron chi connectivity index (χ0n) is 15.0. The number of carbonyl (C=O) groups excluding carboxylic acids is 3. The molecule has 2 aromatic rings. The largest absolute Gasteiger partial charge is 0.363 e. The number of carbonyl (C=O) groups is 3. The SMILES string of the molecule is CC(SSc1ccccn1)c1ccc(C(=O)ON(C)C(=O)CCC=O)cc1. The Balaban J connectivity index is 1.88. The minimum absolute atomic E-state index is 0.00882. The Morgan fingerprint density at radius 1 is 1.22 bits per heavy atom. The third-order valence-electron chi connectivity index (χ3n) is 3.58. The zero-order chi connectivity index (χ0) is 19.6. The summed E-state index contributed by atoms with van der Waals surface area (Å²) in [5, 5.41) is 2.01. The maximum atomic E-state index is 12.1. The second-order valence-corrected chi connectivity index (χ2v) is 8.15. The molecular formula is C19H20N2O4S2. The van der Waals surface area contributed by atoms with Crippen molar-refractivity contribution in [3.63, 3.8) is 0 Å². The van der Waals surface area contributed by atoms with Gasteiger partial charge in [-0.1, -0.05) is 29.0 Å². The summed E-state index contributed by atoms with van der Waals surface area (Å²) in [6.07, 6.45) is 2.52. The van der Waals surface area contributed by atoms with E-state index in [1.807, 2.05) is 30.3 Å². The van der Waals surface area contributed by atoms with Gasteiger partial charge in [0.25, 0.3) is 5.91 Å². The molecule has 27 heavy (non-hydrogen) atoms. The van der Waals surface area contributed by atoms with Crippen LogP contribution in [-0.2, 0) is 14.4 Å². The fourth-order valence-corrected chi connectivity index (χ4v) is 4.14. The molecule has 0 bridgehead atoms. The van der Waals surface area contributed by atoms with Crippen molar-refractivity contribution in [2.45, 2.75) is 30.0 Å². The number of hydrogen-bond donors (Lipinski definition) is 0. The summed E-state index contributed by atoms with van der Waals surface area (Å²) in [6, 6.07) is 12.8. The molecule has 2 rings (SSSR count). The molecule has 0 aliphatic rings. The van der Waals surface area contributed by atoms with Crippen LogP contribution in [0.5, 0.6) is 0 Å². The third-order valence-corrected chi connectivity index (χ3v) is 6.31. The van der Waals surface area contributed by atoms with Crippen molar-refractivity contribution < 1.29 is 19.2 Å². The van der Waals surface area contributed by atoms with Crippen molar-refractivity contribution in [1.82, 2.24) is 10.0 Å². The molecule has 0 radical (unpaired) electrons. The molecule has 1 aromatic heterocycles. The Hall–Kier alpha value is -2.32. The van der Waals surface area contributed by atoms with E-state index in [1.165, 1.54) is 7.05 Å². The number of hydroxylamine groups is 2. The Labute approximate surface area is 166 Å². The van der Waals surface area contributed by atoms with Gasteiger partial charge in [-0.2, -0.15) is 5.06 Å². The fraction of sp³-hybridized carbons (Fsp3) is 0.263. The van der Waals surface area contributed by atoms with Gasteiger partial charge in [0.1, 0.15) is 11.3 Å². The first-order valence-corrected chi connectivity index (χ1v) is 10.5. The van der Waals surface area contributed by atoms with E-state index in [2.05, 4.69) is 11.9 Å². The molecule has 0 aliphatic heterocycles. The lowest BCUT2D eigenvalue weighted by Crippen LogP contribution is -2.29. The second-order valence-electron chi connectivity index (χ2n) is 5.59. The molecule has 1 amide bonds. The van der Waals surface area contributed by atoms with Gasteiger partial charge in [-0.25, -0.2) is 9.78 Å². The molecule has 8 heteroatoms. The molecular weight excluding hydrogens is 384 g/mol. The molecule has 1 aromatic carbocycles. The van der Waals surface area contributed by atoms with E-state index in [1.54, 1.807) is 39.9 Å². The molecule has 1 unspecified atom stereocenters. The summed E-state index contributed by atoms with van der Waals surface area (Å²) >= 11 is 0. The highest BCUT2D eigenvalue weighted by molar-refractivity contribution is 8.76. The number of benzene rings is 1. The number of pyridine rings is 1. The van der Waals surface area contributed by atoms with Gasteiger partial charge in [0.05, 0.1) is 5.56 Å². The average Bonchev–Trinajstić information content (AvgIpc) is 2.70. The van der Waals surface area contributed by atoms with Crippen LogP contribution in [0.3, 0.4) is 0 Å². The molecule has 0 fully saturated rings. The molecule has 0 saturated carbocycles. The van der Waals surface area contributed by atoms with Gasteiger partial charge in [0.2, 0.25) is 0 Å². The van der Waals surface area contributed by atoms with Crippen molar-refractivity contribution >= 4 is 39.8 Å². The van der Waals surface area contributed by atoms with E-state index >= 15 is 0 Å². The summed E-state index contributed by atoms with van der Waals surface area (Å²) in [4.78, 5) is 43.4. The predicted octanol–water partition coefficient (Wildman–Crippen LogP) is 4.09. The molecule has 0 aliphatic carbocycles. The van der Waals surface area contributed by atoms with E-state index in [0.29, 0.717) is 11.8 Å². The van der Waals surface area contributed by atoms with E-state index in [-0.39, 0.29) is 18.1 Å². The van der Waals surface area contributed by atoms with Crippen LogP contribution in [0.2, 0.25) is 0 Å². The van der Waals surface area contributed by atoms with Crippen LogP contribution in [0.25, 0.3) is 0 Å². The van der Waals surface area contributed by atoms with E-state index in [4.69, 9.17) is 4.84 Å². The van der Waals surface area contributed by atoms with Crippen LogP contribution >= 0.6 is 21.6 Å². The number of rotatable bonds is 8. The van der Waals surface area contributed by atoms with Crippen LogP contribution in [0, 0.1) is 0 Å². The molecule has 1 atom stereocenters. The maximum Gasteiger partial charge on any atom is 0.363 e. The normalized spacial score (nSPS) is 11.5. The summed E-state index contributed by atoms with van der Waals surface area (Å²) < 4.78 is 0. The number of aromatic nitrogens is 1. The van der Waals surface area contributed by atoms with Crippen LogP contribution in [0.1, 0.15) is 40.9 Å². The highest BCUT2D eigenvalue weighted by Crippen LogP contribution is 2.41. The molecule has 6 nitrogen and oxygen atoms in total. The Kier molecular flexibility index (Phi) is 8.35. The second kappa shape index (κ2) is 10.7. The van der Waals surface area contributed by atoms with Crippen molar-refractivity contribution in [1.29, 1.82) is 0 Å². The minimum atomic E-state index is -0.619. The molecule has 0 saturated heterocycles. The monoisotopic (exact) mass is 404 g/mol. The van der Waals surface area contributed by atoms with Crippen molar-refractivity contribution in [2.24, 2.45) is 0 Å². The predicted molar refractivity (Wildman–Crippen MR) is 106 cm³/mol. The van der Waals surface area contributed by atoms with Crippen molar-refractivity contribution in [3.05, 3.63) is 59.8 Å². The first-order valence-electron chi connectivity index (χ1n) is 8.28. The number of nitrogens with zero attached hydrogens (tertiary/aromatic N) is 2. The minimum Gasteiger partial charge on any atom is -0.333 e. The molecule has 1 heterocycles. The van der Waals surface area contributed by atoms with Gasteiger partial charge in [0.15, 0.2) is 0 Å². The van der Waals surface area contributed by atoms with Crippen LogP contribution in [-0.4, -0.2) is 35.3 Å². The molecule has 142 valence electrons. The Morgan fingerprint density at radius 2 is 1.96 bits per heavy atom. The Bertz CT molecular complexity index is 769. The Morgan fingerprint density at radius 3 is 2.59 bits per heavy atom. The van der Waals surface area contributed by atoms with E-state index in [9.17, 15) is 14.4 Å². The average molecular weight is 405 g/mol. The van der Waals surface area contributed by atoms with Crippen molar-refractivity contribution in [3.8, 4) is 0 Å². The van der Waals surface area contributed by atoms with Crippen LogP contribution < -0.4 is 0 Å². The van der Waals surface area contributed by atoms with E-state index < -0.39 is 11.9 Å². The molecule has 0 spiro atoms. The summed E-state index contributed by atoms with van der Waals surface area (Å²) in [6.45, 7) is 2.08. The lowest BCUT2D eigenvalue weighted by Gasteiger charge is -2.16. The quantitative estimate of drug-likeness (QED) is 0.372. The summed E-state index contributed by atoms with van der Waals surface area (Å²) in [5.41, 5.74) is 1.42. The lowest BCUT2D eigenvalue weighted by atomic mass is 10.1. The van der Waals surface area contributed by atoms with Crippen molar-refractivity contribution in [2.75, 3.05) is 7.05 Å². The van der Waals surface area contributed by atoms with Gasteiger partial charge < -0.3 is 9.63 Å². The smallest absolute Gasteiger partial charge is 0.333 e. The maximum absolute atomic E-state index is 12.1. The van der Waals surface area contributed by atoms with Crippen LogP contribution in [0.15, 0.2) is 53.7 Å². The highest BCUT2D eigenvalue weighted by Gasteiger charge is 2.16. The standard InChI is InChI=1S/C19H20N2O4S2/c1-14(26-27-17-6-3-4-12-20-17)15-8-10-16(11-9-15)19(24)25-21(2)18(23)7-5-13-22/h3-4,6,8-14H,5,7H2,1-2H3. The number of hydrogen-bond acceptors (Lipinski definition) is 7. The topological polar surface area (TPSA) is 76.6 Å². The summed E-state index contributed by atoms with van der Waals surface area (Å²) in [7, 11) is 4.63. The van der Waals surface area contributed by atoms with Crippen LogP contribution in [0.4, 0.5) is 0 Å². The third kappa shape index (κ3) is 6.73. The van der Waals surface area contributed by atoms with E-state index in [0.717, 1.165) is 15.7 Å². The highest BCUT2D eigenvalue weighted by atomic mass is 33.1. The fourth-order valence-electron chi connectivity index (χ4n) is 2.03.